The van der Waals surface area contributed by atoms with Crippen LogP contribution in [0.2, 0.25) is 0 Å². The van der Waals surface area contributed by atoms with E-state index in [9.17, 15) is 13.6 Å². The first kappa shape index (κ1) is 15.4. The Morgan fingerprint density at radius 3 is 2.21 bits per heavy atom. The molecule has 0 fully saturated rings. The van der Waals surface area contributed by atoms with Crippen molar-refractivity contribution in [2.45, 2.75) is 20.5 Å². The van der Waals surface area contributed by atoms with Crippen molar-refractivity contribution in [3.05, 3.63) is 29.3 Å². The molecule has 1 aromatic carbocycles. The van der Waals surface area contributed by atoms with Crippen molar-refractivity contribution in [2.24, 2.45) is 0 Å². The summed E-state index contributed by atoms with van der Waals surface area (Å²) >= 11 is 0. The molecule has 0 unspecified atom stereocenters. The second-order valence-corrected chi connectivity index (χ2v) is 3.90. The Bertz CT molecular complexity index is 425. The zero-order valence-electron chi connectivity index (χ0n) is 10.9. The fourth-order valence-electron chi connectivity index (χ4n) is 1.64. The lowest BCUT2D eigenvalue weighted by molar-refractivity contribution is -0.133. The summed E-state index contributed by atoms with van der Waals surface area (Å²) in [5, 5.41) is 8.80. The quantitative estimate of drug-likeness (QED) is 0.858. The van der Waals surface area contributed by atoms with Crippen LogP contribution in [0.25, 0.3) is 0 Å². The van der Waals surface area contributed by atoms with Gasteiger partial charge < -0.3 is 14.7 Å². The molecule has 0 bridgehead atoms. The largest absolute Gasteiger partial charge is 0.478 e. The molecule has 0 radical (unpaired) electrons. The third-order valence-electron chi connectivity index (χ3n) is 2.70. The lowest BCUT2D eigenvalue weighted by Crippen LogP contribution is -2.34. The monoisotopic (exact) mass is 273 g/mol. The van der Waals surface area contributed by atoms with Gasteiger partial charge in [-0.1, -0.05) is 0 Å². The lowest BCUT2D eigenvalue weighted by atomic mass is 10.2. The van der Waals surface area contributed by atoms with Crippen molar-refractivity contribution >= 4 is 5.91 Å². The standard InChI is InChI=1S/C13H17F2NO3/c1-3-16(4-2)12(18)8-19-13-10(14)5-9(7-17)6-11(13)15/h5-6,17H,3-4,7-8H2,1-2H3. The number of hydrogen-bond donors (Lipinski definition) is 1. The van der Waals surface area contributed by atoms with Gasteiger partial charge >= 0.3 is 0 Å². The molecule has 0 aliphatic rings. The van der Waals surface area contributed by atoms with Gasteiger partial charge in [-0.05, 0) is 31.5 Å². The average Bonchev–Trinajstić information content (AvgIpc) is 2.38. The molecular weight excluding hydrogens is 256 g/mol. The molecule has 0 aliphatic heterocycles. The number of aliphatic hydroxyl groups is 1. The minimum absolute atomic E-state index is 0.109. The van der Waals surface area contributed by atoms with Crippen LogP contribution < -0.4 is 4.74 Å². The van der Waals surface area contributed by atoms with Crippen LogP contribution in [0.3, 0.4) is 0 Å². The van der Waals surface area contributed by atoms with E-state index in [4.69, 9.17) is 9.84 Å². The fraction of sp³-hybridized carbons (Fsp3) is 0.462. The minimum atomic E-state index is -0.934. The third-order valence-corrected chi connectivity index (χ3v) is 2.70. The number of likely N-dealkylation sites (N-methyl/N-ethyl adjacent to an activating group) is 1. The van der Waals surface area contributed by atoms with Gasteiger partial charge in [-0.15, -0.1) is 0 Å². The van der Waals surface area contributed by atoms with Crippen LogP contribution in [0.15, 0.2) is 12.1 Å². The van der Waals surface area contributed by atoms with Crippen LogP contribution in [0.4, 0.5) is 8.78 Å². The Balaban J connectivity index is 2.75. The predicted molar refractivity (Wildman–Crippen MR) is 65.7 cm³/mol. The zero-order chi connectivity index (χ0) is 14.4. The Morgan fingerprint density at radius 2 is 1.79 bits per heavy atom. The first-order chi connectivity index (χ1) is 9.03. The second kappa shape index (κ2) is 7.04. The van der Waals surface area contributed by atoms with Crippen LogP contribution in [-0.4, -0.2) is 35.6 Å². The zero-order valence-corrected chi connectivity index (χ0v) is 10.9. The van der Waals surface area contributed by atoms with Crippen molar-refractivity contribution in [3.63, 3.8) is 0 Å². The van der Waals surface area contributed by atoms with E-state index in [0.29, 0.717) is 13.1 Å². The molecule has 4 nitrogen and oxygen atoms in total. The summed E-state index contributed by atoms with van der Waals surface area (Å²) < 4.78 is 31.9. The highest BCUT2D eigenvalue weighted by Crippen LogP contribution is 2.23. The number of carbonyl (C=O) groups excluding carboxylic acids is 1. The normalized spacial score (nSPS) is 10.4. The number of rotatable bonds is 6. The summed E-state index contributed by atoms with van der Waals surface area (Å²) in [4.78, 5) is 13.1. The number of nitrogens with zero attached hydrogens (tertiary/aromatic N) is 1. The fourth-order valence-corrected chi connectivity index (χ4v) is 1.64. The van der Waals surface area contributed by atoms with Crippen molar-refractivity contribution < 1.29 is 23.4 Å². The summed E-state index contributed by atoms with van der Waals surface area (Å²) in [6, 6.07) is 1.95. The lowest BCUT2D eigenvalue weighted by Gasteiger charge is -2.19. The number of carbonyl (C=O) groups is 1. The van der Waals surface area contributed by atoms with E-state index in [0.717, 1.165) is 12.1 Å². The molecule has 0 saturated heterocycles. The van der Waals surface area contributed by atoms with Crippen LogP contribution in [0.1, 0.15) is 19.4 Å². The molecular formula is C13H17F2NO3. The highest BCUT2D eigenvalue weighted by molar-refractivity contribution is 5.77. The van der Waals surface area contributed by atoms with Gasteiger partial charge in [0, 0.05) is 13.1 Å². The summed E-state index contributed by atoms with van der Waals surface area (Å²) in [5.74, 6) is -2.81. The van der Waals surface area contributed by atoms with Gasteiger partial charge in [0.25, 0.3) is 5.91 Å². The Labute approximate surface area is 110 Å². The maximum atomic E-state index is 13.5. The summed E-state index contributed by atoms with van der Waals surface area (Å²) in [5.41, 5.74) is 0.109. The van der Waals surface area contributed by atoms with Gasteiger partial charge in [0.2, 0.25) is 0 Å². The number of amides is 1. The van der Waals surface area contributed by atoms with E-state index < -0.39 is 30.6 Å². The van der Waals surface area contributed by atoms with Crippen molar-refractivity contribution in [2.75, 3.05) is 19.7 Å². The molecule has 0 aliphatic carbocycles. The predicted octanol–water partition coefficient (Wildman–Crippen LogP) is 1.70. The van der Waals surface area contributed by atoms with E-state index in [1.807, 2.05) is 0 Å². The van der Waals surface area contributed by atoms with Crippen molar-refractivity contribution in [3.8, 4) is 5.75 Å². The smallest absolute Gasteiger partial charge is 0.260 e. The molecule has 1 amide bonds. The van der Waals surface area contributed by atoms with Gasteiger partial charge in [-0.2, -0.15) is 0 Å². The number of aliphatic hydroxyl groups excluding tert-OH is 1. The SMILES string of the molecule is CCN(CC)C(=O)COc1c(F)cc(CO)cc1F. The minimum Gasteiger partial charge on any atom is -0.478 e. The third kappa shape index (κ3) is 3.89. The molecule has 1 aromatic rings. The van der Waals surface area contributed by atoms with E-state index in [1.54, 1.807) is 13.8 Å². The highest BCUT2D eigenvalue weighted by atomic mass is 19.1. The molecule has 0 atom stereocenters. The van der Waals surface area contributed by atoms with Crippen LogP contribution in [-0.2, 0) is 11.4 Å². The van der Waals surface area contributed by atoms with Gasteiger partial charge in [-0.3, -0.25) is 4.79 Å². The molecule has 0 heterocycles. The van der Waals surface area contributed by atoms with Gasteiger partial charge in [0.15, 0.2) is 24.0 Å². The van der Waals surface area contributed by atoms with Crippen molar-refractivity contribution in [1.82, 2.24) is 4.90 Å². The maximum absolute atomic E-state index is 13.5. The molecule has 19 heavy (non-hydrogen) atoms. The van der Waals surface area contributed by atoms with Gasteiger partial charge in [-0.25, -0.2) is 8.78 Å². The van der Waals surface area contributed by atoms with E-state index in [1.165, 1.54) is 4.90 Å². The van der Waals surface area contributed by atoms with Crippen LogP contribution >= 0.6 is 0 Å². The molecule has 1 N–H and O–H groups in total. The van der Waals surface area contributed by atoms with Crippen molar-refractivity contribution in [1.29, 1.82) is 0 Å². The molecule has 106 valence electrons. The first-order valence-electron chi connectivity index (χ1n) is 6.02. The van der Waals surface area contributed by atoms with Crippen LogP contribution in [0.5, 0.6) is 5.75 Å². The molecule has 6 heteroatoms. The summed E-state index contributed by atoms with van der Waals surface area (Å²) in [6.07, 6.45) is 0. The number of benzene rings is 1. The molecule has 1 rings (SSSR count). The number of ether oxygens (including phenoxy) is 1. The summed E-state index contributed by atoms with van der Waals surface area (Å²) in [7, 11) is 0. The van der Waals surface area contributed by atoms with E-state index in [2.05, 4.69) is 0 Å². The number of halogens is 2. The van der Waals surface area contributed by atoms with Crippen LogP contribution in [0, 0.1) is 11.6 Å². The van der Waals surface area contributed by atoms with Gasteiger partial charge in [0.1, 0.15) is 0 Å². The molecule has 0 spiro atoms. The summed E-state index contributed by atoms with van der Waals surface area (Å²) in [6.45, 7) is 3.73. The molecule has 0 aromatic heterocycles. The first-order valence-corrected chi connectivity index (χ1v) is 6.02. The van der Waals surface area contributed by atoms with E-state index >= 15 is 0 Å². The van der Waals surface area contributed by atoms with Gasteiger partial charge in [0.05, 0.1) is 6.61 Å². The molecule has 0 saturated carbocycles. The average molecular weight is 273 g/mol. The Hall–Kier alpha value is -1.69. The van der Waals surface area contributed by atoms with E-state index in [-0.39, 0.29) is 11.5 Å². The number of hydrogen-bond acceptors (Lipinski definition) is 3. The Morgan fingerprint density at radius 1 is 1.26 bits per heavy atom. The maximum Gasteiger partial charge on any atom is 0.260 e. The second-order valence-electron chi connectivity index (χ2n) is 3.90. The highest BCUT2D eigenvalue weighted by Gasteiger charge is 2.16. The topological polar surface area (TPSA) is 49.8 Å². The Kier molecular flexibility index (Phi) is 5.69.